The number of benzene rings is 2. The number of hydrogen-bond acceptors (Lipinski definition) is 10. The van der Waals surface area contributed by atoms with E-state index in [1.807, 2.05) is 47.0 Å². The molecule has 0 bridgehead atoms. The van der Waals surface area contributed by atoms with Crippen molar-refractivity contribution < 1.29 is 23.6 Å². The van der Waals surface area contributed by atoms with Crippen molar-refractivity contribution in [3.05, 3.63) is 105 Å². The maximum atomic E-state index is 14.1. The highest BCUT2D eigenvalue weighted by atomic mass is 79.9. The Morgan fingerprint density at radius 2 is 1.69 bits per heavy atom. The van der Waals surface area contributed by atoms with Crippen LogP contribution in [0.25, 0.3) is 17.0 Å². The van der Waals surface area contributed by atoms with Crippen LogP contribution in [0.3, 0.4) is 0 Å². The monoisotopic (exact) mass is 791 g/mol. The average Bonchev–Trinajstić information content (AvgIpc) is 3.90. The van der Waals surface area contributed by atoms with Crippen LogP contribution in [0.4, 0.5) is 16.0 Å². The predicted molar refractivity (Wildman–Crippen MR) is 200 cm³/mol. The lowest BCUT2D eigenvalue weighted by Gasteiger charge is -2.35. The second-order valence-corrected chi connectivity index (χ2v) is 14.9. The Labute approximate surface area is 317 Å². The van der Waals surface area contributed by atoms with Crippen LogP contribution in [0, 0.1) is 5.82 Å². The van der Waals surface area contributed by atoms with Crippen molar-refractivity contribution >= 4 is 56.8 Å². The summed E-state index contributed by atoms with van der Waals surface area (Å²) in [6, 6.07) is 19.2. The zero-order valence-electron chi connectivity index (χ0n) is 29.1. The Balaban J connectivity index is 0.885. The molecule has 2 atom stereocenters. The highest BCUT2D eigenvalue weighted by molar-refractivity contribution is 9.10. The zero-order chi connectivity index (χ0) is 37.1. The average molecular weight is 793 g/mol. The molecule has 13 nitrogen and oxygen atoms in total. The van der Waals surface area contributed by atoms with Gasteiger partial charge in [0.15, 0.2) is 5.65 Å². The van der Waals surface area contributed by atoms with Crippen molar-refractivity contribution in [1.29, 1.82) is 0 Å². The first-order valence-corrected chi connectivity index (χ1v) is 18.9. The summed E-state index contributed by atoms with van der Waals surface area (Å²) in [5, 5.41) is 7.24. The number of pyridine rings is 1. The van der Waals surface area contributed by atoms with E-state index in [9.17, 15) is 23.6 Å². The Kier molecular flexibility index (Phi) is 8.69. The molecular formula is C39H35BrFN9O4. The molecule has 2 aromatic carbocycles. The molecule has 1 N–H and O–H groups in total. The van der Waals surface area contributed by atoms with Crippen molar-refractivity contribution in [3.8, 4) is 11.4 Å². The van der Waals surface area contributed by atoms with E-state index >= 15 is 0 Å². The molecule has 54 heavy (non-hydrogen) atoms. The first kappa shape index (κ1) is 34.2. The largest absolute Gasteiger partial charge is 0.354 e. The van der Waals surface area contributed by atoms with Gasteiger partial charge < -0.3 is 9.80 Å². The number of nitrogens with one attached hydrogen (secondary N) is 1. The third kappa shape index (κ3) is 6.00. The quantitative estimate of drug-likeness (QED) is 0.230. The lowest BCUT2D eigenvalue weighted by molar-refractivity contribution is -0.136. The maximum Gasteiger partial charge on any atom is 0.263 e. The molecule has 0 radical (unpaired) electrons. The van der Waals surface area contributed by atoms with Gasteiger partial charge in [0, 0.05) is 50.2 Å². The Hall–Kier alpha value is -5.54. The van der Waals surface area contributed by atoms with Gasteiger partial charge in [-0.2, -0.15) is 0 Å². The summed E-state index contributed by atoms with van der Waals surface area (Å²) in [5.41, 5.74) is 4.55. The summed E-state index contributed by atoms with van der Waals surface area (Å²) in [6.45, 7) is 4.33. The molecule has 5 aromatic rings. The molecule has 0 spiro atoms. The highest BCUT2D eigenvalue weighted by Crippen LogP contribution is 2.37. The molecule has 7 heterocycles. The minimum absolute atomic E-state index is 0.0450. The van der Waals surface area contributed by atoms with Gasteiger partial charge in [-0.05, 0) is 88.8 Å². The van der Waals surface area contributed by atoms with E-state index in [1.165, 1.54) is 6.07 Å². The summed E-state index contributed by atoms with van der Waals surface area (Å²) in [5.74, 6) is -0.684. The minimum atomic E-state index is -1.01. The fraction of sp³-hybridized carbons (Fsp3) is 0.308. The number of rotatable bonds is 7. The van der Waals surface area contributed by atoms with E-state index in [0.29, 0.717) is 16.7 Å². The van der Waals surface area contributed by atoms with Gasteiger partial charge in [0.25, 0.3) is 11.8 Å². The van der Waals surface area contributed by atoms with Crippen molar-refractivity contribution in [2.24, 2.45) is 0 Å². The molecule has 15 heteroatoms. The molecular weight excluding hydrogens is 757 g/mol. The predicted octanol–water partition coefficient (Wildman–Crippen LogP) is 4.76. The van der Waals surface area contributed by atoms with Crippen LogP contribution in [-0.2, 0) is 16.1 Å². The fourth-order valence-corrected chi connectivity index (χ4v) is 8.73. The van der Waals surface area contributed by atoms with Crippen LogP contribution in [0.5, 0.6) is 0 Å². The van der Waals surface area contributed by atoms with Crippen molar-refractivity contribution in [3.63, 3.8) is 0 Å². The van der Waals surface area contributed by atoms with Crippen molar-refractivity contribution in [1.82, 2.24) is 34.7 Å². The second kappa shape index (κ2) is 13.7. The summed E-state index contributed by atoms with van der Waals surface area (Å²) in [7, 11) is 0. The number of halogens is 2. The SMILES string of the molecule is O=C1CCC(N2C(=O)c3ccc(CN4CCN(c5cccc(-c6cnc7ccc(N8CCCC8c8cccc(F)c8)nn67)n5)CC4)c(Br)c3C2=O)C(=O)N1. The summed E-state index contributed by atoms with van der Waals surface area (Å²) >= 11 is 3.61. The third-order valence-electron chi connectivity index (χ3n) is 10.8. The number of aromatic nitrogens is 4. The van der Waals surface area contributed by atoms with Gasteiger partial charge >= 0.3 is 0 Å². The van der Waals surface area contributed by atoms with Crippen LogP contribution in [0.15, 0.2) is 77.4 Å². The molecule has 3 fully saturated rings. The number of imide groups is 2. The lowest BCUT2D eigenvalue weighted by atomic mass is 10.0. The Morgan fingerprint density at radius 3 is 2.50 bits per heavy atom. The van der Waals surface area contributed by atoms with Crippen LogP contribution in [-0.4, -0.2) is 91.8 Å². The molecule has 4 aliphatic heterocycles. The van der Waals surface area contributed by atoms with Crippen LogP contribution < -0.4 is 15.1 Å². The Bertz CT molecular complexity index is 2360. The lowest BCUT2D eigenvalue weighted by Crippen LogP contribution is -2.54. The third-order valence-corrected chi connectivity index (χ3v) is 11.7. The number of nitrogens with zero attached hydrogens (tertiary/aromatic N) is 8. The van der Waals surface area contributed by atoms with Crippen LogP contribution in [0.2, 0.25) is 0 Å². The van der Waals surface area contributed by atoms with E-state index in [4.69, 9.17) is 10.1 Å². The smallest absolute Gasteiger partial charge is 0.263 e. The molecule has 3 aromatic heterocycles. The molecule has 4 amide bonds. The number of anilines is 2. The van der Waals surface area contributed by atoms with Gasteiger partial charge in [-0.1, -0.05) is 24.3 Å². The van der Waals surface area contributed by atoms with Gasteiger partial charge in [0.2, 0.25) is 11.8 Å². The number of piperazine rings is 1. The number of carbonyl (C=O) groups excluding carboxylic acids is 4. The van der Waals surface area contributed by atoms with E-state index in [0.717, 1.165) is 84.6 Å². The zero-order valence-corrected chi connectivity index (χ0v) is 30.7. The molecule has 4 aliphatic rings. The first-order valence-electron chi connectivity index (χ1n) is 18.1. The van der Waals surface area contributed by atoms with Gasteiger partial charge in [0.05, 0.1) is 29.1 Å². The topological polar surface area (TPSA) is 136 Å². The molecule has 3 saturated heterocycles. The number of hydrogen-bond donors (Lipinski definition) is 1. The number of piperidine rings is 1. The second-order valence-electron chi connectivity index (χ2n) is 14.1. The molecule has 9 rings (SSSR count). The number of amides is 4. The molecule has 274 valence electrons. The molecule has 2 unspecified atom stereocenters. The Morgan fingerprint density at radius 1 is 0.852 bits per heavy atom. The van der Waals surface area contributed by atoms with E-state index < -0.39 is 29.7 Å². The van der Waals surface area contributed by atoms with Gasteiger partial charge in [-0.15, -0.1) is 5.10 Å². The number of imidazole rings is 1. The van der Waals surface area contributed by atoms with Crippen molar-refractivity contribution in [2.45, 2.75) is 44.3 Å². The van der Waals surface area contributed by atoms with E-state index in [-0.39, 0.29) is 35.8 Å². The number of fused-ring (bicyclic) bond motifs is 2. The molecule has 0 aliphatic carbocycles. The normalized spacial score (nSPS) is 20.7. The van der Waals surface area contributed by atoms with Gasteiger partial charge in [-0.3, -0.25) is 34.3 Å². The summed E-state index contributed by atoms with van der Waals surface area (Å²) < 4.78 is 16.5. The maximum absolute atomic E-state index is 14.1. The number of carbonyl (C=O) groups is 4. The van der Waals surface area contributed by atoms with Crippen LogP contribution in [0.1, 0.15) is 63.6 Å². The van der Waals surface area contributed by atoms with Crippen molar-refractivity contribution in [2.75, 3.05) is 42.5 Å². The summed E-state index contributed by atoms with van der Waals surface area (Å²) in [4.78, 5) is 68.3. The van der Waals surface area contributed by atoms with Crippen LogP contribution >= 0.6 is 15.9 Å². The van der Waals surface area contributed by atoms with Gasteiger partial charge in [0.1, 0.15) is 29.2 Å². The summed E-state index contributed by atoms with van der Waals surface area (Å²) in [6.07, 6.45) is 3.89. The van der Waals surface area contributed by atoms with Gasteiger partial charge in [-0.25, -0.2) is 18.9 Å². The standard InChI is InChI=1S/C39H35BrFN9O4/c40-36-24(9-10-26-35(36)39(54)49(38(26)53)29-11-14-34(51)44-37(29)52)22-46-16-18-47(19-17-46)32-8-2-6-27(43-32)30-21-42-31-12-13-33(45-50(30)31)48-15-3-7-28(48)23-4-1-5-25(41)20-23/h1-2,4-6,8-10,12-13,20-21,28-29H,3,7,11,14-19,22H2,(H,44,51,52). The fourth-order valence-electron chi connectivity index (χ4n) is 8.09. The minimum Gasteiger partial charge on any atom is -0.354 e. The highest BCUT2D eigenvalue weighted by Gasteiger charge is 2.46. The van der Waals surface area contributed by atoms with E-state index in [2.05, 4.69) is 40.9 Å². The first-order chi connectivity index (χ1) is 26.2. The molecule has 0 saturated carbocycles. The van der Waals surface area contributed by atoms with E-state index in [1.54, 1.807) is 24.4 Å².